The molecule has 0 fully saturated rings. The maximum Gasteiger partial charge on any atom is 0.261 e. The molecule has 0 unspecified atom stereocenters. The molecule has 0 aliphatic carbocycles. The number of amides is 1. The van der Waals surface area contributed by atoms with Gasteiger partial charge in [-0.3, -0.25) is 4.79 Å². The quantitative estimate of drug-likeness (QED) is 0.698. The molecule has 0 saturated carbocycles. The topological polar surface area (TPSA) is 58.4 Å². The SMILES string of the molecule is Cc1onc(-c2ccccc2)c1C(=O)Nc1ccc(N(C)C(C)C)c(F)c1. The average Bonchev–Trinajstić information content (AvgIpc) is 3.03. The number of carbonyl (C=O) groups is 1. The van der Waals surface area contributed by atoms with E-state index in [4.69, 9.17) is 4.52 Å². The first kappa shape index (κ1) is 18.6. The number of carbonyl (C=O) groups excluding carboxylic acids is 1. The van der Waals surface area contributed by atoms with Crippen molar-refractivity contribution in [1.82, 2.24) is 5.16 Å². The van der Waals surface area contributed by atoms with Crippen LogP contribution in [0.25, 0.3) is 11.3 Å². The minimum absolute atomic E-state index is 0.160. The van der Waals surface area contributed by atoms with Gasteiger partial charge in [-0.2, -0.15) is 0 Å². The number of nitrogens with one attached hydrogen (secondary N) is 1. The normalized spacial score (nSPS) is 10.9. The third-order valence-corrected chi connectivity index (χ3v) is 4.50. The van der Waals surface area contributed by atoms with Gasteiger partial charge in [0.1, 0.15) is 22.8 Å². The van der Waals surface area contributed by atoms with Gasteiger partial charge in [0, 0.05) is 24.3 Å². The number of hydrogen-bond donors (Lipinski definition) is 1. The van der Waals surface area contributed by atoms with Crippen molar-refractivity contribution in [2.75, 3.05) is 17.3 Å². The lowest BCUT2D eigenvalue weighted by Crippen LogP contribution is -2.26. The number of anilines is 2. The summed E-state index contributed by atoms with van der Waals surface area (Å²) in [5.41, 5.74) is 2.43. The summed E-state index contributed by atoms with van der Waals surface area (Å²) >= 11 is 0. The Kier molecular flexibility index (Phi) is 5.26. The van der Waals surface area contributed by atoms with E-state index in [0.717, 1.165) is 5.56 Å². The van der Waals surface area contributed by atoms with Crippen molar-refractivity contribution in [2.24, 2.45) is 0 Å². The molecule has 2 aromatic carbocycles. The third kappa shape index (κ3) is 3.84. The van der Waals surface area contributed by atoms with E-state index in [0.29, 0.717) is 28.4 Å². The van der Waals surface area contributed by atoms with Crippen LogP contribution in [0.2, 0.25) is 0 Å². The molecule has 0 atom stereocenters. The van der Waals surface area contributed by atoms with Crippen molar-refractivity contribution in [1.29, 1.82) is 0 Å². The molecule has 6 heteroatoms. The molecule has 1 heterocycles. The zero-order chi connectivity index (χ0) is 19.6. The average molecular weight is 367 g/mol. The Morgan fingerprint density at radius 1 is 1.19 bits per heavy atom. The summed E-state index contributed by atoms with van der Waals surface area (Å²) in [5.74, 6) is -0.380. The first-order valence-electron chi connectivity index (χ1n) is 8.74. The predicted molar refractivity (Wildman–Crippen MR) is 105 cm³/mol. The molecule has 3 rings (SSSR count). The maximum atomic E-state index is 14.5. The molecule has 0 radical (unpaired) electrons. The lowest BCUT2D eigenvalue weighted by atomic mass is 10.1. The molecule has 1 amide bonds. The number of aromatic nitrogens is 1. The highest BCUT2D eigenvalue weighted by Crippen LogP contribution is 2.27. The Morgan fingerprint density at radius 3 is 2.52 bits per heavy atom. The highest BCUT2D eigenvalue weighted by atomic mass is 19.1. The van der Waals surface area contributed by atoms with Crippen molar-refractivity contribution >= 4 is 17.3 Å². The first-order valence-corrected chi connectivity index (χ1v) is 8.74. The summed E-state index contributed by atoms with van der Waals surface area (Å²) in [5, 5.41) is 6.74. The summed E-state index contributed by atoms with van der Waals surface area (Å²) in [6, 6.07) is 14.1. The molecule has 0 spiro atoms. The molecule has 0 bridgehead atoms. The van der Waals surface area contributed by atoms with Crippen molar-refractivity contribution < 1.29 is 13.7 Å². The zero-order valence-electron chi connectivity index (χ0n) is 15.8. The second-order valence-electron chi connectivity index (χ2n) is 6.65. The highest BCUT2D eigenvalue weighted by Gasteiger charge is 2.22. The Balaban J connectivity index is 1.87. The van der Waals surface area contributed by atoms with E-state index >= 15 is 0 Å². The number of rotatable bonds is 5. The zero-order valence-corrected chi connectivity index (χ0v) is 15.8. The summed E-state index contributed by atoms with van der Waals surface area (Å²) < 4.78 is 19.7. The van der Waals surface area contributed by atoms with Crippen LogP contribution in [0, 0.1) is 12.7 Å². The van der Waals surface area contributed by atoms with Crippen molar-refractivity contribution in [3.05, 3.63) is 65.7 Å². The Labute approximate surface area is 157 Å². The van der Waals surface area contributed by atoms with E-state index in [2.05, 4.69) is 10.5 Å². The van der Waals surface area contributed by atoms with Gasteiger partial charge in [-0.25, -0.2) is 4.39 Å². The van der Waals surface area contributed by atoms with E-state index in [1.165, 1.54) is 6.07 Å². The van der Waals surface area contributed by atoms with E-state index in [1.54, 1.807) is 19.1 Å². The van der Waals surface area contributed by atoms with Gasteiger partial charge in [-0.05, 0) is 39.0 Å². The molecular formula is C21H22FN3O2. The number of aryl methyl sites for hydroxylation is 1. The monoisotopic (exact) mass is 367 g/mol. The fourth-order valence-electron chi connectivity index (χ4n) is 2.78. The minimum atomic E-state index is -0.394. The lowest BCUT2D eigenvalue weighted by Gasteiger charge is -2.24. The maximum absolute atomic E-state index is 14.5. The van der Waals surface area contributed by atoms with Crippen LogP contribution in [0.1, 0.15) is 30.0 Å². The third-order valence-electron chi connectivity index (χ3n) is 4.50. The molecule has 1 aromatic heterocycles. The number of hydrogen-bond acceptors (Lipinski definition) is 4. The van der Waals surface area contributed by atoms with Crippen LogP contribution < -0.4 is 10.2 Å². The molecule has 140 valence electrons. The van der Waals surface area contributed by atoms with Crippen molar-refractivity contribution in [2.45, 2.75) is 26.8 Å². The van der Waals surface area contributed by atoms with Crippen LogP contribution in [0.5, 0.6) is 0 Å². The van der Waals surface area contributed by atoms with Crippen LogP contribution in [0.3, 0.4) is 0 Å². The van der Waals surface area contributed by atoms with E-state index in [1.807, 2.05) is 56.1 Å². The van der Waals surface area contributed by atoms with Gasteiger partial charge in [-0.15, -0.1) is 0 Å². The fraction of sp³-hybridized carbons (Fsp3) is 0.238. The van der Waals surface area contributed by atoms with E-state index in [9.17, 15) is 9.18 Å². The fourth-order valence-corrected chi connectivity index (χ4v) is 2.78. The molecule has 27 heavy (non-hydrogen) atoms. The van der Waals surface area contributed by atoms with Crippen LogP contribution >= 0.6 is 0 Å². The molecule has 0 aliphatic rings. The van der Waals surface area contributed by atoms with Gasteiger partial charge in [0.25, 0.3) is 5.91 Å². The molecule has 0 aliphatic heterocycles. The second-order valence-corrected chi connectivity index (χ2v) is 6.65. The summed E-state index contributed by atoms with van der Waals surface area (Å²) in [4.78, 5) is 14.6. The predicted octanol–water partition coefficient (Wildman–Crippen LogP) is 4.89. The molecular weight excluding hydrogens is 345 g/mol. The summed E-state index contributed by atoms with van der Waals surface area (Å²) in [7, 11) is 1.83. The van der Waals surface area contributed by atoms with Crippen LogP contribution in [-0.2, 0) is 0 Å². The number of benzene rings is 2. The summed E-state index contributed by atoms with van der Waals surface area (Å²) in [6.07, 6.45) is 0. The smallest absolute Gasteiger partial charge is 0.261 e. The van der Waals surface area contributed by atoms with E-state index < -0.39 is 11.7 Å². The molecule has 0 saturated heterocycles. The lowest BCUT2D eigenvalue weighted by molar-refractivity contribution is 0.102. The van der Waals surface area contributed by atoms with Gasteiger partial charge in [0.05, 0.1) is 5.69 Å². The van der Waals surface area contributed by atoms with Crippen molar-refractivity contribution in [3.63, 3.8) is 0 Å². The van der Waals surface area contributed by atoms with Crippen molar-refractivity contribution in [3.8, 4) is 11.3 Å². The number of halogens is 1. The van der Waals surface area contributed by atoms with Gasteiger partial charge >= 0.3 is 0 Å². The molecule has 1 N–H and O–H groups in total. The van der Waals surface area contributed by atoms with Crippen LogP contribution in [-0.4, -0.2) is 24.2 Å². The second kappa shape index (κ2) is 7.61. The van der Waals surface area contributed by atoms with Gasteiger partial charge in [-0.1, -0.05) is 35.5 Å². The minimum Gasteiger partial charge on any atom is -0.370 e. The molecule has 3 aromatic rings. The highest BCUT2D eigenvalue weighted by molar-refractivity contribution is 6.08. The Morgan fingerprint density at radius 2 is 1.89 bits per heavy atom. The van der Waals surface area contributed by atoms with Crippen LogP contribution in [0.4, 0.5) is 15.8 Å². The van der Waals surface area contributed by atoms with E-state index in [-0.39, 0.29) is 6.04 Å². The largest absolute Gasteiger partial charge is 0.370 e. The van der Waals surface area contributed by atoms with Gasteiger partial charge in [0.15, 0.2) is 0 Å². The first-order chi connectivity index (χ1) is 12.9. The summed E-state index contributed by atoms with van der Waals surface area (Å²) in [6.45, 7) is 5.64. The number of nitrogens with zero attached hydrogens (tertiary/aromatic N) is 2. The van der Waals surface area contributed by atoms with Gasteiger partial charge in [0.2, 0.25) is 0 Å². The molecule has 5 nitrogen and oxygen atoms in total. The van der Waals surface area contributed by atoms with Crippen LogP contribution in [0.15, 0.2) is 53.1 Å². The standard InChI is InChI=1S/C21H22FN3O2/c1-13(2)25(4)18-11-10-16(12-17(18)22)23-21(26)19-14(3)27-24-20(19)15-8-6-5-7-9-15/h5-13H,1-4H3,(H,23,26). The van der Waals surface area contributed by atoms with Gasteiger partial charge < -0.3 is 14.7 Å². The Bertz CT molecular complexity index is 951. The Hall–Kier alpha value is -3.15.